The van der Waals surface area contributed by atoms with E-state index in [-0.39, 0.29) is 5.91 Å². The maximum atomic E-state index is 12.5. The number of ether oxygens (including phenoxy) is 4. The van der Waals surface area contributed by atoms with E-state index in [0.29, 0.717) is 42.6 Å². The average molecular weight is 373 g/mol. The number of rotatable bonds is 11. The van der Waals surface area contributed by atoms with Crippen LogP contribution in [0.15, 0.2) is 42.5 Å². The van der Waals surface area contributed by atoms with E-state index in [4.69, 9.17) is 18.9 Å². The summed E-state index contributed by atoms with van der Waals surface area (Å²) in [5.74, 6) is 1.70. The topological polar surface area (TPSA) is 66.0 Å². The molecule has 27 heavy (non-hydrogen) atoms. The van der Waals surface area contributed by atoms with Crippen LogP contribution in [-0.2, 0) is 4.74 Å². The van der Waals surface area contributed by atoms with Gasteiger partial charge in [0, 0.05) is 24.4 Å². The highest BCUT2D eigenvalue weighted by atomic mass is 16.5. The molecule has 0 aromatic heterocycles. The summed E-state index contributed by atoms with van der Waals surface area (Å²) in [6, 6.07) is 12.3. The number of anilines is 1. The average Bonchev–Trinajstić information content (AvgIpc) is 2.69. The Hall–Kier alpha value is -2.73. The van der Waals surface area contributed by atoms with E-state index in [2.05, 4.69) is 12.2 Å². The van der Waals surface area contributed by atoms with Crippen LogP contribution in [-0.4, -0.2) is 39.9 Å². The van der Waals surface area contributed by atoms with Crippen molar-refractivity contribution in [3.63, 3.8) is 0 Å². The van der Waals surface area contributed by atoms with Gasteiger partial charge in [-0.15, -0.1) is 0 Å². The van der Waals surface area contributed by atoms with Crippen LogP contribution >= 0.6 is 0 Å². The van der Waals surface area contributed by atoms with E-state index in [1.54, 1.807) is 56.7 Å². The van der Waals surface area contributed by atoms with Gasteiger partial charge >= 0.3 is 0 Å². The first kappa shape index (κ1) is 20.6. The highest BCUT2D eigenvalue weighted by molar-refractivity contribution is 6.04. The molecule has 1 N–H and O–H groups in total. The molecule has 1 amide bonds. The Bertz CT molecular complexity index is 715. The third-order valence-corrected chi connectivity index (χ3v) is 3.85. The van der Waals surface area contributed by atoms with Gasteiger partial charge in [-0.25, -0.2) is 0 Å². The SMILES string of the molecule is CCCCOc1ccc(C(=O)Nc2ccc(OC)c(OCCOC)c2)cc1. The fourth-order valence-electron chi connectivity index (χ4n) is 2.34. The predicted molar refractivity (Wildman–Crippen MR) is 105 cm³/mol. The van der Waals surface area contributed by atoms with E-state index in [9.17, 15) is 4.79 Å². The number of hydrogen-bond acceptors (Lipinski definition) is 5. The smallest absolute Gasteiger partial charge is 0.255 e. The van der Waals surface area contributed by atoms with Crippen molar-refractivity contribution in [2.24, 2.45) is 0 Å². The highest BCUT2D eigenvalue weighted by Gasteiger charge is 2.10. The van der Waals surface area contributed by atoms with Crippen LogP contribution in [0.1, 0.15) is 30.1 Å². The summed E-state index contributed by atoms with van der Waals surface area (Å²) in [6.45, 7) is 3.65. The van der Waals surface area contributed by atoms with Crippen LogP contribution in [0.3, 0.4) is 0 Å². The Balaban J connectivity index is 2.00. The molecule has 0 aliphatic rings. The molecular formula is C21H27NO5. The Morgan fingerprint density at radius 3 is 2.37 bits per heavy atom. The van der Waals surface area contributed by atoms with Gasteiger partial charge in [-0.3, -0.25) is 4.79 Å². The summed E-state index contributed by atoms with van der Waals surface area (Å²) in [4.78, 5) is 12.5. The molecule has 0 unspecified atom stereocenters. The molecule has 2 rings (SSSR count). The number of hydrogen-bond donors (Lipinski definition) is 1. The molecule has 0 atom stereocenters. The zero-order valence-electron chi connectivity index (χ0n) is 16.1. The molecule has 0 saturated carbocycles. The van der Waals surface area contributed by atoms with E-state index < -0.39 is 0 Å². The van der Waals surface area contributed by atoms with Gasteiger partial charge in [0.15, 0.2) is 11.5 Å². The fourth-order valence-corrected chi connectivity index (χ4v) is 2.34. The summed E-state index contributed by atoms with van der Waals surface area (Å²) in [5.41, 5.74) is 1.17. The summed E-state index contributed by atoms with van der Waals surface area (Å²) in [5, 5.41) is 2.87. The van der Waals surface area contributed by atoms with Gasteiger partial charge in [-0.1, -0.05) is 13.3 Å². The number of carbonyl (C=O) groups excluding carboxylic acids is 1. The first-order chi connectivity index (χ1) is 13.2. The van der Waals surface area contributed by atoms with Crippen LogP contribution in [0.2, 0.25) is 0 Å². The minimum Gasteiger partial charge on any atom is -0.494 e. The van der Waals surface area contributed by atoms with Gasteiger partial charge in [0.1, 0.15) is 12.4 Å². The number of carbonyl (C=O) groups is 1. The summed E-state index contributed by atoms with van der Waals surface area (Å²) < 4.78 is 21.5. The quantitative estimate of drug-likeness (QED) is 0.599. The second-order valence-corrected chi connectivity index (χ2v) is 5.89. The monoisotopic (exact) mass is 373 g/mol. The molecule has 6 nitrogen and oxygen atoms in total. The van der Waals surface area contributed by atoms with Crippen molar-refractivity contribution in [2.45, 2.75) is 19.8 Å². The molecule has 2 aromatic carbocycles. The predicted octanol–water partition coefficient (Wildman–Crippen LogP) is 4.15. The normalized spacial score (nSPS) is 10.3. The molecule has 0 fully saturated rings. The van der Waals surface area contributed by atoms with Crippen molar-refractivity contribution in [2.75, 3.05) is 39.4 Å². The van der Waals surface area contributed by atoms with Crippen molar-refractivity contribution < 1.29 is 23.7 Å². The fraction of sp³-hybridized carbons (Fsp3) is 0.381. The number of amides is 1. The van der Waals surface area contributed by atoms with Gasteiger partial charge in [0.25, 0.3) is 5.91 Å². The van der Waals surface area contributed by atoms with Crippen LogP contribution in [0.4, 0.5) is 5.69 Å². The lowest BCUT2D eigenvalue weighted by Crippen LogP contribution is -2.12. The number of unbranched alkanes of at least 4 members (excludes halogenated alkanes) is 1. The molecule has 0 bridgehead atoms. The maximum Gasteiger partial charge on any atom is 0.255 e. The molecule has 0 aliphatic carbocycles. The lowest BCUT2D eigenvalue weighted by Gasteiger charge is -2.13. The van der Waals surface area contributed by atoms with Crippen LogP contribution in [0.25, 0.3) is 0 Å². The Labute approximate surface area is 160 Å². The Kier molecular flexibility index (Phi) is 8.45. The van der Waals surface area contributed by atoms with Gasteiger partial charge in [-0.05, 0) is 42.8 Å². The minimum atomic E-state index is -0.205. The third-order valence-electron chi connectivity index (χ3n) is 3.85. The van der Waals surface area contributed by atoms with E-state index in [1.807, 2.05) is 0 Å². The van der Waals surface area contributed by atoms with Gasteiger partial charge in [0.05, 0.1) is 20.3 Å². The van der Waals surface area contributed by atoms with Crippen LogP contribution < -0.4 is 19.5 Å². The van der Waals surface area contributed by atoms with Crippen molar-refractivity contribution in [3.05, 3.63) is 48.0 Å². The van der Waals surface area contributed by atoms with Gasteiger partial charge < -0.3 is 24.3 Å². The lowest BCUT2D eigenvalue weighted by molar-refractivity contribution is 0.102. The summed E-state index contributed by atoms with van der Waals surface area (Å²) >= 11 is 0. The minimum absolute atomic E-state index is 0.205. The third kappa shape index (κ3) is 6.49. The molecule has 0 aliphatic heterocycles. The second kappa shape index (κ2) is 11.1. The van der Waals surface area contributed by atoms with E-state index >= 15 is 0 Å². The molecule has 2 aromatic rings. The van der Waals surface area contributed by atoms with Crippen molar-refractivity contribution >= 4 is 11.6 Å². The first-order valence-corrected chi connectivity index (χ1v) is 9.02. The van der Waals surface area contributed by atoms with Crippen molar-refractivity contribution in [1.29, 1.82) is 0 Å². The number of methoxy groups -OCH3 is 2. The van der Waals surface area contributed by atoms with Crippen LogP contribution in [0.5, 0.6) is 17.2 Å². The lowest BCUT2D eigenvalue weighted by atomic mass is 10.2. The molecule has 0 radical (unpaired) electrons. The zero-order chi connectivity index (χ0) is 19.5. The molecule has 146 valence electrons. The van der Waals surface area contributed by atoms with E-state index in [1.165, 1.54) is 0 Å². The standard InChI is InChI=1S/C21H27NO5/c1-4-5-12-26-18-9-6-16(7-10-18)21(23)22-17-8-11-19(25-3)20(15-17)27-14-13-24-2/h6-11,15H,4-5,12-14H2,1-3H3,(H,22,23). The van der Waals surface area contributed by atoms with Gasteiger partial charge in [0.2, 0.25) is 0 Å². The Morgan fingerprint density at radius 1 is 0.926 bits per heavy atom. The summed E-state index contributed by atoms with van der Waals surface area (Å²) in [7, 11) is 3.18. The number of nitrogens with one attached hydrogen (secondary N) is 1. The molecule has 0 saturated heterocycles. The summed E-state index contributed by atoms with van der Waals surface area (Å²) in [6.07, 6.45) is 2.09. The van der Waals surface area contributed by atoms with Crippen molar-refractivity contribution in [1.82, 2.24) is 0 Å². The highest BCUT2D eigenvalue weighted by Crippen LogP contribution is 2.30. The second-order valence-electron chi connectivity index (χ2n) is 5.89. The maximum absolute atomic E-state index is 12.5. The molecular weight excluding hydrogens is 346 g/mol. The number of benzene rings is 2. The first-order valence-electron chi connectivity index (χ1n) is 9.02. The van der Waals surface area contributed by atoms with E-state index in [0.717, 1.165) is 18.6 Å². The largest absolute Gasteiger partial charge is 0.494 e. The van der Waals surface area contributed by atoms with Crippen LogP contribution in [0, 0.1) is 0 Å². The van der Waals surface area contributed by atoms with Gasteiger partial charge in [-0.2, -0.15) is 0 Å². The molecule has 6 heteroatoms. The molecule has 0 spiro atoms. The Morgan fingerprint density at radius 2 is 1.70 bits per heavy atom. The van der Waals surface area contributed by atoms with Crippen molar-refractivity contribution in [3.8, 4) is 17.2 Å². The molecule has 0 heterocycles. The zero-order valence-corrected chi connectivity index (χ0v) is 16.1.